The molecule has 2 atom stereocenters. The molecule has 1 aliphatic rings. The van der Waals surface area contributed by atoms with E-state index in [9.17, 15) is 14.0 Å². The Bertz CT molecular complexity index is 1540. The quantitative estimate of drug-likeness (QED) is 0.324. The maximum Gasteiger partial charge on any atom is 0.410 e. The molecule has 208 valence electrons. The maximum atomic E-state index is 13.6. The Balaban J connectivity index is 1.43. The number of hydrogen-bond acceptors (Lipinski definition) is 9. The molecular weight excluding hydrogens is 535 g/mol. The SMILES string of the molecule is CC(C)(C)OC(=O)N1CC[C@H](Oc2cc3nc(Nc4cccc(F)c4)ncc3cc2-c2nccs2)C[C@@H]1C(N)=O. The van der Waals surface area contributed by atoms with Crippen LogP contribution in [0.3, 0.4) is 0 Å². The van der Waals surface area contributed by atoms with Crippen molar-refractivity contribution in [1.82, 2.24) is 19.9 Å². The number of fused-ring (bicyclic) bond motifs is 1. The highest BCUT2D eigenvalue weighted by molar-refractivity contribution is 7.13. The smallest absolute Gasteiger partial charge is 0.410 e. The van der Waals surface area contributed by atoms with Crippen LogP contribution in [-0.4, -0.2) is 56.1 Å². The number of likely N-dealkylation sites (tertiary alicyclic amines) is 1. The van der Waals surface area contributed by atoms with E-state index in [-0.39, 0.29) is 18.8 Å². The van der Waals surface area contributed by atoms with Gasteiger partial charge in [-0.2, -0.15) is 0 Å². The van der Waals surface area contributed by atoms with Gasteiger partial charge in [0.05, 0.1) is 11.1 Å². The zero-order valence-electron chi connectivity index (χ0n) is 22.3. The highest BCUT2D eigenvalue weighted by atomic mass is 32.1. The fourth-order valence-corrected chi connectivity index (χ4v) is 5.12. The van der Waals surface area contributed by atoms with Crippen molar-refractivity contribution in [2.24, 2.45) is 5.73 Å². The van der Waals surface area contributed by atoms with Crippen molar-refractivity contribution in [1.29, 1.82) is 0 Å². The second-order valence-electron chi connectivity index (χ2n) is 10.4. The minimum Gasteiger partial charge on any atom is -0.489 e. The van der Waals surface area contributed by atoms with Crippen LogP contribution in [0.2, 0.25) is 0 Å². The summed E-state index contributed by atoms with van der Waals surface area (Å²) in [6.07, 6.45) is 3.07. The number of nitrogens with zero attached hydrogens (tertiary/aromatic N) is 4. The minimum absolute atomic E-state index is 0.208. The number of piperidine rings is 1. The van der Waals surface area contributed by atoms with Gasteiger partial charge in [0, 0.05) is 54.3 Å². The number of benzene rings is 2. The van der Waals surface area contributed by atoms with E-state index in [0.29, 0.717) is 29.3 Å². The molecule has 2 aromatic carbocycles. The zero-order valence-corrected chi connectivity index (χ0v) is 23.1. The summed E-state index contributed by atoms with van der Waals surface area (Å²) in [5.74, 6) is -0.178. The number of halogens is 1. The molecule has 2 aromatic heterocycles. The topological polar surface area (TPSA) is 133 Å². The maximum absolute atomic E-state index is 13.6. The highest BCUT2D eigenvalue weighted by Crippen LogP contribution is 2.37. The Morgan fingerprint density at radius 1 is 1.20 bits per heavy atom. The van der Waals surface area contributed by atoms with Crippen LogP contribution in [0.1, 0.15) is 33.6 Å². The number of nitrogens with one attached hydrogen (secondary N) is 1. The fraction of sp³-hybridized carbons (Fsp3) is 0.321. The molecule has 1 aliphatic heterocycles. The predicted molar refractivity (Wildman–Crippen MR) is 150 cm³/mol. The summed E-state index contributed by atoms with van der Waals surface area (Å²) in [5.41, 5.74) is 6.85. The van der Waals surface area contributed by atoms with Crippen LogP contribution in [0.25, 0.3) is 21.5 Å². The number of rotatable bonds is 6. The van der Waals surface area contributed by atoms with Crippen molar-refractivity contribution in [2.45, 2.75) is 51.4 Å². The molecule has 0 aliphatic carbocycles. The Morgan fingerprint density at radius 3 is 2.73 bits per heavy atom. The molecule has 2 amide bonds. The predicted octanol–water partition coefficient (Wildman–Crippen LogP) is 5.27. The van der Waals surface area contributed by atoms with Gasteiger partial charge < -0.3 is 20.5 Å². The first kappa shape index (κ1) is 27.3. The normalized spacial score (nSPS) is 17.4. The van der Waals surface area contributed by atoms with E-state index in [1.54, 1.807) is 51.4 Å². The monoisotopic (exact) mass is 564 g/mol. The second-order valence-corrected chi connectivity index (χ2v) is 11.3. The third-order valence-corrected chi connectivity index (χ3v) is 7.04. The number of ether oxygens (including phenoxy) is 2. The summed E-state index contributed by atoms with van der Waals surface area (Å²) < 4.78 is 25.6. The summed E-state index contributed by atoms with van der Waals surface area (Å²) in [5, 5.41) is 6.39. The van der Waals surface area contributed by atoms with Crippen LogP contribution in [0.5, 0.6) is 5.75 Å². The van der Waals surface area contributed by atoms with E-state index in [1.807, 2.05) is 11.4 Å². The number of amides is 2. The fourth-order valence-electron chi connectivity index (χ4n) is 4.46. The van der Waals surface area contributed by atoms with Crippen molar-refractivity contribution in [3.05, 3.63) is 60.0 Å². The van der Waals surface area contributed by atoms with Crippen LogP contribution in [0, 0.1) is 5.82 Å². The summed E-state index contributed by atoms with van der Waals surface area (Å²) in [7, 11) is 0. The molecule has 0 spiro atoms. The van der Waals surface area contributed by atoms with Crippen molar-refractivity contribution in [3.8, 4) is 16.3 Å². The number of nitrogens with two attached hydrogens (primary N) is 1. The van der Waals surface area contributed by atoms with Crippen molar-refractivity contribution >= 4 is 45.9 Å². The molecular formula is C28H29FN6O4S. The lowest BCUT2D eigenvalue weighted by molar-refractivity contribution is -0.125. The number of aromatic nitrogens is 3. The van der Waals surface area contributed by atoms with Gasteiger partial charge in [0.2, 0.25) is 11.9 Å². The summed E-state index contributed by atoms with van der Waals surface area (Å²) >= 11 is 1.46. The Hall–Kier alpha value is -4.32. The standard InChI is InChI=1S/C28H29FN6O4S/c1-28(2,3)39-27(37)35-9-7-19(13-22(35)24(30)36)38-23-14-21-16(11-20(23)25-31-8-10-40-25)15-32-26(34-21)33-18-6-4-5-17(29)12-18/h4-6,8,10-12,14-15,19,22H,7,9,13H2,1-3H3,(H2,30,36)(H,32,33,34)/t19-,22+/m0/s1. The first-order valence-electron chi connectivity index (χ1n) is 12.7. The van der Waals surface area contributed by atoms with Gasteiger partial charge in [0.25, 0.3) is 0 Å². The van der Waals surface area contributed by atoms with Crippen LogP contribution >= 0.6 is 11.3 Å². The lowest BCUT2D eigenvalue weighted by atomic mass is 9.99. The Kier molecular flexibility index (Phi) is 7.53. The zero-order chi connectivity index (χ0) is 28.4. The van der Waals surface area contributed by atoms with Crippen molar-refractivity contribution < 1.29 is 23.5 Å². The highest BCUT2D eigenvalue weighted by Gasteiger charge is 2.38. The number of thiazole rings is 1. The van der Waals surface area contributed by atoms with Gasteiger partial charge in [-0.1, -0.05) is 6.07 Å². The number of carbonyl (C=O) groups excluding carboxylic acids is 2. The summed E-state index contributed by atoms with van der Waals surface area (Å²) in [6, 6.07) is 8.85. The lowest BCUT2D eigenvalue weighted by Gasteiger charge is -2.38. The van der Waals surface area contributed by atoms with E-state index in [4.69, 9.17) is 15.2 Å². The number of anilines is 2. The average molecular weight is 565 g/mol. The van der Waals surface area contributed by atoms with Crippen LogP contribution in [0.4, 0.5) is 20.8 Å². The summed E-state index contributed by atoms with van der Waals surface area (Å²) in [6.45, 7) is 5.55. The molecule has 10 nitrogen and oxygen atoms in total. The number of primary amides is 1. The Morgan fingerprint density at radius 2 is 2.02 bits per heavy atom. The van der Waals surface area contributed by atoms with Crippen LogP contribution < -0.4 is 15.8 Å². The first-order valence-corrected chi connectivity index (χ1v) is 13.6. The third kappa shape index (κ3) is 6.28. The molecule has 5 rings (SSSR count). The van der Waals surface area contributed by atoms with Crippen LogP contribution in [0.15, 0.2) is 54.2 Å². The number of hydrogen-bond donors (Lipinski definition) is 2. The van der Waals surface area contributed by atoms with Gasteiger partial charge in [-0.25, -0.2) is 24.1 Å². The molecule has 12 heteroatoms. The van der Waals surface area contributed by atoms with Gasteiger partial charge in [-0.15, -0.1) is 11.3 Å². The molecule has 1 fully saturated rings. The van der Waals surface area contributed by atoms with E-state index < -0.39 is 29.7 Å². The average Bonchev–Trinajstić information content (AvgIpc) is 3.42. The second kappa shape index (κ2) is 11.0. The van der Waals surface area contributed by atoms with Gasteiger partial charge in [-0.3, -0.25) is 9.69 Å². The van der Waals surface area contributed by atoms with Crippen LogP contribution in [-0.2, 0) is 9.53 Å². The molecule has 4 aromatic rings. The largest absolute Gasteiger partial charge is 0.489 e. The van der Waals surface area contributed by atoms with Gasteiger partial charge in [0.1, 0.15) is 34.3 Å². The van der Waals surface area contributed by atoms with E-state index >= 15 is 0 Å². The van der Waals surface area contributed by atoms with Crippen molar-refractivity contribution in [3.63, 3.8) is 0 Å². The molecule has 3 N–H and O–H groups in total. The molecule has 0 bridgehead atoms. The number of carbonyl (C=O) groups is 2. The van der Waals surface area contributed by atoms with E-state index in [0.717, 1.165) is 16.0 Å². The summed E-state index contributed by atoms with van der Waals surface area (Å²) in [4.78, 5) is 39.9. The Labute approximate surface area is 234 Å². The van der Waals surface area contributed by atoms with Gasteiger partial charge >= 0.3 is 6.09 Å². The molecule has 1 saturated heterocycles. The van der Waals surface area contributed by atoms with Crippen molar-refractivity contribution in [2.75, 3.05) is 11.9 Å². The lowest BCUT2D eigenvalue weighted by Crippen LogP contribution is -2.55. The van der Waals surface area contributed by atoms with E-state index in [2.05, 4.69) is 20.3 Å². The molecule has 0 unspecified atom stereocenters. The first-order chi connectivity index (χ1) is 19.1. The molecule has 3 heterocycles. The minimum atomic E-state index is -0.873. The molecule has 40 heavy (non-hydrogen) atoms. The van der Waals surface area contributed by atoms with E-state index in [1.165, 1.54) is 28.4 Å². The molecule has 0 radical (unpaired) electrons. The third-order valence-electron chi connectivity index (χ3n) is 6.23. The van der Waals surface area contributed by atoms with Gasteiger partial charge in [-0.05, 0) is 45.0 Å². The molecule has 0 saturated carbocycles. The van der Waals surface area contributed by atoms with Gasteiger partial charge in [0.15, 0.2) is 0 Å².